The third kappa shape index (κ3) is 2.74. The van der Waals surface area contributed by atoms with Crippen molar-refractivity contribution in [3.8, 4) is 6.07 Å². The average molecular weight is 230 g/mol. The summed E-state index contributed by atoms with van der Waals surface area (Å²) in [6.07, 6.45) is 1.30. The Balaban J connectivity index is 2.22. The van der Waals surface area contributed by atoms with Crippen LogP contribution in [-0.2, 0) is 4.74 Å². The number of pyridine rings is 1. The quantitative estimate of drug-likeness (QED) is 0.758. The van der Waals surface area contributed by atoms with Crippen molar-refractivity contribution in [2.75, 3.05) is 31.2 Å². The number of hydrogen-bond acceptors (Lipinski definition) is 5. The zero-order chi connectivity index (χ0) is 12.1. The lowest BCUT2D eigenvalue weighted by atomic mass is 10.2. The van der Waals surface area contributed by atoms with Crippen LogP contribution in [0.1, 0.15) is 5.69 Å². The molecule has 1 aliphatic rings. The number of hydrogen-bond donors (Lipinski definition) is 1. The van der Waals surface area contributed by atoms with E-state index in [1.54, 1.807) is 6.07 Å². The molecule has 0 spiro atoms. The first kappa shape index (κ1) is 11.4. The molecule has 2 heterocycles. The van der Waals surface area contributed by atoms with E-state index < -0.39 is 0 Å². The van der Waals surface area contributed by atoms with E-state index in [1.165, 1.54) is 6.08 Å². The molecule has 0 aromatic carbocycles. The Morgan fingerprint density at radius 3 is 2.94 bits per heavy atom. The molecule has 1 aliphatic heterocycles. The van der Waals surface area contributed by atoms with Gasteiger partial charge in [0.05, 0.1) is 30.7 Å². The predicted molar refractivity (Wildman–Crippen MR) is 65.0 cm³/mol. The van der Waals surface area contributed by atoms with Gasteiger partial charge in [-0.05, 0) is 12.1 Å². The van der Waals surface area contributed by atoms with Crippen molar-refractivity contribution in [1.29, 1.82) is 5.26 Å². The monoisotopic (exact) mass is 230 g/mol. The van der Waals surface area contributed by atoms with Crippen molar-refractivity contribution < 1.29 is 4.74 Å². The second-order valence-corrected chi connectivity index (χ2v) is 3.71. The second kappa shape index (κ2) is 5.32. The van der Waals surface area contributed by atoms with Gasteiger partial charge in [-0.3, -0.25) is 0 Å². The first-order valence-corrected chi connectivity index (χ1v) is 5.46. The van der Waals surface area contributed by atoms with Crippen molar-refractivity contribution in [1.82, 2.24) is 4.98 Å². The third-order valence-corrected chi connectivity index (χ3v) is 2.59. The summed E-state index contributed by atoms with van der Waals surface area (Å²) >= 11 is 0. The van der Waals surface area contributed by atoms with E-state index in [0.29, 0.717) is 11.4 Å². The van der Waals surface area contributed by atoms with Crippen molar-refractivity contribution in [3.05, 3.63) is 30.0 Å². The van der Waals surface area contributed by atoms with Gasteiger partial charge in [-0.15, -0.1) is 0 Å². The molecule has 2 N–H and O–H groups in total. The van der Waals surface area contributed by atoms with Gasteiger partial charge in [-0.2, -0.15) is 5.26 Å². The number of anilines is 1. The summed E-state index contributed by atoms with van der Waals surface area (Å²) in [7, 11) is 0. The molecule has 0 atom stereocenters. The minimum atomic E-state index is 0.391. The molecule has 1 aromatic rings. The maximum atomic E-state index is 8.55. The highest BCUT2D eigenvalue weighted by molar-refractivity contribution is 5.63. The molecular formula is C12H14N4O. The minimum absolute atomic E-state index is 0.391. The van der Waals surface area contributed by atoms with Crippen LogP contribution in [-0.4, -0.2) is 31.3 Å². The third-order valence-electron chi connectivity index (χ3n) is 2.59. The lowest BCUT2D eigenvalue weighted by Crippen LogP contribution is -2.36. The highest BCUT2D eigenvalue weighted by Crippen LogP contribution is 2.15. The highest BCUT2D eigenvalue weighted by atomic mass is 16.5. The second-order valence-electron chi connectivity index (χ2n) is 3.71. The Morgan fingerprint density at radius 2 is 2.24 bits per heavy atom. The molecule has 0 radical (unpaired) electrons. The lowest BCUT2D eigenvalue weighted by Gasteiger charge is -2.28. The zero-order valence-corrected chi connectivity index (χ0v) is 9.47. The number of morpholine rings is 1. The molecule has 5 nitrogen and oxygen atoms in total. The molecule has 1 aromatic heterocycles. The molecule has 0 amide bonds. The lowest BCUT2D eigenvalue weighted by molar-refractivity contribution is 0.122. The fourth-order valence-corrected chi connectivity index (χ4v) is 1.70. The molecule has 5 heteroatoms. The zero-order valence-electron chi connectivity index (χ0n) is 9.47. The van der Waals surface area contributed by atoms with Crippen molar-refractivity contribution in [3.63, 3.8) is 0 Å². The molecule has 1 saturated heterocycles. The van der Waals surface area contributed by atoms with Gasteiger partial charge in [0.15, 0.2) is 0 Å². The van der Waals surface area contributed by atoms with E-state index in [4.69, 9.17) is 15.7 Å². The summed E-state index contributed by atoms with van der Waals surface area (Å²) in [5.74, 6) is 0.875. The Labute approximate surface area is 100 Å². The smallest absolute Gasteiger partial charge is 0.129 e. The van der Waals surface area contributed by atoms with Crippen LogP contribution in [0.2, 0.25) is 0 Å². The molecule has 88 valence electrons. The van der Waals surface area contributed by atoms with E-state index in [1.807, 2.05) is 18.2 Å². The number of allylic oxidation sites excluding steroid dienone is 1. The molecule has 0 bridgehead atoms. The molecule has 1 fully saturated rings. The van der Waals surface area contributed by atoms with Crippen molar-refractivity contribution in [2.24, 2.45) is 5.73 Å². The summed E-state index contributed by atoms with van der Waals surface area (Å²) in [5, 5.41) is 8.55. The van der Waals surface area contributed by atoms with Gasteiger partial charge in [0.25, 0.3) is 0 Å². The van der Waals surface area contributed by atoms with Crippen LogP contribution in [0, 0.1) is 11.3 Å². The summed E-state index contributed by atoms with van der Waals surface area (Å²) in [6.45, 7) is 3.10. The minimum Gasteiger partial charge on any atom is -0.396 e. The van der Waals surface area contributed by atoms with Crippen LogP contribution in [0.4, 0.5) is 5.82 Å². The number of nitriles is 1. The SMILES string of the molecule is N#C/C=C(/N)c1cccc(N2CCOCC2)n1. The van der Waals surface area contributed by atoms with Crippen molar-refractivity contribution in [2.45, 2.75) is 0 Å². The topological polar surface area (TPSA) is 75.2 Å². The Bertz CT molecular complexity index is 458. The maximum absolute atomic E-state index is 8.55. The van der Waals surface area contributed by atoms with Gasteiger partial charge in [0, 0.05) is 19.2 Å². The highest BCUT2D eigenvalue weighted by Gasteiger charge is 2.12. The molecular weight excluding hydrogens is 216 g/mol. The van der Waals surface area contributed by atoms with Crippen LogP contribution in [0.5, 0.6) is 0 Å². The summed E-state index contributed by atoms with van der Waals surface area (Å²) < 4.78 is 5.29. The fraction of sp³-hybridized carbons (Fsp3) is 0.333. The van der Waals surface area contributed by atoms with E-state index in [2.05, 4.69) is 9.88 Å². The Morgan fingerprint density at radius 1 is 1.47 bits per heavy atom. The summed E-state index contributed by atoms with van der Waals surface area (Å²) in [4.78, 5) is 6.59. The summed E-state index contributed by atoms with van der Waals surface area (Å²) in [6, 6.07) is 7.54. The van der Waals surface area contributed by atoms with Gasteiger partial charge in [-0.1, -0.05) is 6.07 Å². The molecule has 17 heavy (non-hydrogen) atoms. The van der Waals surface area contributed by atoms with Gasteiger partial charge in [-0.25, -0.2) is 4.98 Å². The first-order chi connectivity index (χ1) is 8.31. The number of nitrogens with zero attached hydrogens (tertiary/aromatic N) is 3. The van der Waals surface area contributed by atoms with Gasteiger partial charge in [0.2, 0.25) is 0 Å². The van der Waals surface area contributed by atoms with Crippen molar-refractivity contribution >= 4 is 11.5 Å². The number of nitrogens with two attached hydrogens (primary N) is 1. The van der Waals surface area contributed by atoms with E-state index in [-0.39, 0.29) is 0 Å². The maximum Gasteiger partial charge on any atom is 0.129 e. The number of aromatic nitrogens is 1. The van der Waals surface area contributed by atoms with Crippen LogP contribution < -0.4 is 10.6 Å². The standard InChI is InChI=1S/C12H14N4O/c13-5-4-10(14)11-2-1-3-12(15-11)16-6-8-17-9-7-16/h1-4H,6-9,14H2/b10-4+. The van der Waals surface area contributed by atoms with Crippen LogP contribution in [0.3, 0.4) is 0 Å². The van der Waals surface area contributed by atoms with Gasteiger partial charge < -0.3 is 15.4 Å². The Hall–Kier alpha value is -2.06. The van der Waals surface area contributed by atoms with Gasteiger partial charge in [0.1, 0.15) is 5.82 Å². The summed E-state index contributed by atoms with van der Waals surface area (Å²) in [5.41, 5.74) is 6.76. The molecule has 0 aliphatic carbocycles. The first-order valence-electron chi connectivity index (χ1n) is 5.46. The molecule has 0 unspecified atom stereocenters. The van der Waals surface area contributed by atoms with Crippen LogP contribution in [0.15, 0.2) is 24.3 Å². The van der Waals surface area contributed by atoms with Crippen LogP contribution >= 0.6 is 0 Å². The van der Waals surface area contributed by atoms with Gasteiger partial charge >= 0.3 is 0 Å². The number of rotatable bonds is 2. The van der Waals surface area contributed by atoms with Crippen LogP contribution in [0.25, 0.3) is 5.70 Å². The van der Waals surface area contributed by atoms with E-state index >= 15 is 0 Å². The van der Waals surface area contributed by atoms with E-state index in [9.17, 15) is 0 Å². The molecule has 0 saturated carbocycles. The predicted octanol–water partition coefficient (Wildman–Crippen LogP) is 0.741. The van der Waals surface area contributed by atoms with E-state index in [0.717, 1.165) is 32.1 Å². The molecule has 2 rings (SSSR count). The average Bonchev–Trinajstić information content (AvgIpc) is 2.40. The number of ether oxygens (including phenoxy) is 1. The largest absolute Gasteiger partial charge is 0.396 e. The fourth-order valence-electron chi connectivity index (χ4n) is 1.70. The normalized spacial score (nSPS) is 16.6. The Kier molecular flexibility index (Phi) is 3.58.